The summed E-state index contributed by atoms with van der Waals surface area (Å²) in [6.07, 6.45) is 4.02. The monoisotopic (exact) mass is 268 g/mol. The van der Waals surface area contributed by atoms with Gasteiger partial charge < -0.3 is 5.32 Å². The summed E-state index contributed by atoms with van der Waals surface area (Å²) in [7, 11) is 0. The lowest BCUT2D eigenvalue weighted by Crippen LogP contribution is -2.14. The largest absolute Gasteiger partial charge is 0.305 e. The Hall–Kier alpha value is -1.72. The second-order valence-electron chi connectivity index (χ2n) is 3.04. The smallest absolute Gasteiger partial charge is 0.277 e. The molecule has 0 aliphatic heterocycles. The van der Waals surface area contributed by atoms with E-state index in [2.05, 4.69) is 20.3 Å². The average Bonchev–Trinajstić information content (AvgIpc) is 2.33. The molecule has 2 aromatic rings. The summed E-state index contributed by atoms with van der Waals surface area (Å²) in [5.41, 5.74) is 0.158. The summed E-state index contributed by atoms with van der Waals surface area (Å²) in [6.45, 7) is 0. The third kappa shape index (κ3) is 3.12. The molecule has 17 heavy (non-hydrogen) atoms. The van der Waals surface area contributed by atoms with Crippen molar-refractivity contribution in [2.24, 2.45) is 0 Å². The lowest BCUT2D eigenvalue weighted by molar-refractivity contribution is 0.102. The van der Waals surface area contributed by atoms with Gasteiger partial charge in [-0.25, -0.2) is 15.0 Å². The van der Waals surface area contributed by atoms with Crippen molar-refractivity contribution in [3.8, 4) is 0 Å². The molecule has 86 valence electrons. The summed E-state index contributed by atoms with van der Waals surface area (Å²) in [4.78, 5) is 23.2. The van der Waals surface area contributed by atoms with Crippen LogP contribution in [0.4, 0.5) is 5.82 Å². The topological polar surface area (TPSA) is 67.8 Å². The summed E-state index contributed by atoms with van der Waals surface area (Å²) < 4.78 is 0. The first-order valence-electron chi connectivity index (χ1n) is 4.55. The maximum absolute atomic E-state index is 11.7. The fourth-order valence-corrected chi connectivity index (χ4v) is 1.27. The number of nitrogens with zero attached hydrogens (tertiary/aromatic N) is 3. The fraction of sp³-hybridized carbons (Fsp3) is 0. The Morgan fingerprint density at radius 3 is 2.47 bits per heavy atom. The van der Waals surface area contributed by atoms with Gasteiger partial charge in [0.25, 0.3) is 5.91 Å². The number of nitrogens with one attached hydrogen (secondary N) is 1. The molecule has 1 N–H and O–H groups in total. The maximum Gasteiger partial charge on any atom is 0.277 e. The molecule has 0 unspecified atom stereocenters. The summed E-state index contributed by atoms with van der Waals surface area (Å²) in [5, 5.41) is 3.27. The summed E-state index contributed by atoms with van der Waals surface area (Å²) in [6, 6.07) is 3.21. The number of amides is 1. The third-order valence-electron chi connectivity index (χ3n) is 1.82. The number of anilines is 1. The van der Waals surface area contributed by atoms with Gasteiger partial charge in [0.05, 0.1) is 17.4 Å². The van der Waals surface area contributed by atoms with Crippen LogP contribution in [-0.4, -0.2) is 20.9 Å². The highest BCUT2D eigenvalue weighted by Gasteiger charge is 2.08. The van der Waals surface area contributed by atoms with Gasteiger partial charge in [-0.3, -0.25) is 4.79 Å². The lowest BCUT2D eigenvalue weighted by atomic mass is 10.4. The van der Waals surface area contributed by atoms with Crippen molar-refractivity contribution in [3.63, 3.8) is 0 Å². The second-order valence-corrected chi connectivity index (χ2v) is 3.86. The van der Waals surface area contributed by atoms with Crippen molar-refractivity contribution in [1.29, 1.82) is 0 Å². The van der Waals surface area contributed by atoms with E-state index in [1.165, 1.54) is 18.6 Å². The van der Waals surface area contributed by atoms with Crippen LogP contribution in [0, 0.1) is 0 Å². The van der Waals surface area contributed by atoms with Crippen LogP contribution in [0.5, 0.6) is 0 Å². The van der Waals surface area contributed by atoms with Crippen molar-refractivity contribution in [2.45, 2.75) is 0 Å². The van der Waals surface area contributed by atoms with Crippen molar-refractivity contribution in [1.82, 2.24) is 15.0 Å². The Labute approximate surface area is 107 Å². The SMILES string of the molecule is O=C(Nc1ccc(Cl)cn1)c1cnc(Cl)cn1. The first-order chi connectivity index (χ1) is 8.15. The molecule has 0 aliphatic rings. The zero-order valence-corrected chi connectivity index (χ0v) is 9.90. The quantitative estimate of drug-likeness (QED) is 0.909. The first-order valence-corrected chi connectivity index (χ1v) is 5.31. The molecule has 0 saturated carbocycles. The number of halogens is 2. The molecule has 0 saturated heterocycles. The van der Waals surface area contributed by atoms with Crippen molar-refractivity contribution >= 4 is 34.9 Å². The Morgan fingerprint density at radius 2 is 1.88 bits per heavy atom. The molecule has 0 bridgehead atoms. The van der Waals surface area contributed by atoms with Gasteiger partial charge >= 0.3 is 0 Å². The molecule has 0 fully saturated rings. The number of aromatic nitrogens is 3. The Kier molecular flexibility index (Phi) is 3.51. The van der Waals surface area contributed by atoms with Gasteiger partial charge in [-0.05, 0) is 12.1 Å². The molecule has 2 aromatic heterocycles. The minimum Gasteiger partial charge on any atom is -0.305 e. The van der Waals surface area contributed by atoms with E-state index in [-0.39, 0.29) is 10.8 Å². The van der Waals surface area contributed by atoms with E-state index >= 15 is 0 Å². The molecule has 0 spiro atoms. The van der Waals surface area contributed by atoms with Crippen LogP contribution in [0.3, 0.4) is 0 Å². The second kappa shape index (κ2) is 5.07. The molecule has 2 rings (SSSR count). The fourth-order valence-electron chi connectivity index (χ4n) is 1.06. The molecule has 0 aliphatic carbocycles. The minimum absolute atomic E-state index is 0.158. The minimum atomic E-state index is -0.413. The van der Waals surface area contributed by atoms with E-state index < -0.39 is 5.91 Å². The number of carbonyl (C=O) groups excluding carboxylic acids is 1. The van der Waals surface area contributed by atoms with E-state index in [4.69, 9.17) is 23.2 Å². The highest BCUT2D eigenvalue weighted by molar-refractivity contribution is 6.30. The Balaban J connectivity index is 2.11. The van der Waals surface area contributed by atoms with Crippen molar-refractivity contribution < 1.29 is 4.79 Å². The standard InChI is InChI=1S/C10H6Cl2N4O/c11-6-1-2-9(15-3-6)16-10(17)7-4-14-8(12)5-13-7/h1-5H,(H,15,16,17). The number of hydrogen-bond acceptors (Lipinski definition) is 4. The van der Waals surface area contributed by atoms with Crippen LogP contribution < -0.4 is 5.32 Å². The maximum atomic E-state index is 11.7. The van der Waals surface area contributed by atoms with E-state index in [0.29, 0.717) is 10.8 Å². The Morgan fingerprint density at radius 1 is 1.06 bits per heavy atom. The van der Waals surface area contributed by atoms with Crippen LogP contribution in [0.2, 0.25) is 10.2 Å². The van der Waals surface area contributed by atoms with E-state index in [9.17, 15) is 4.79 Å². The van der Waals surface area contributed by atoms with Crippen LogP contribution in [0.1, 0.15) is 10.5 Å². The van der Waals surface area contributed by atoms with Gasteiger partial charge in [0, 0.05) is 6.20 Å². The van der Waals surface area contributed by atoms with Crippen LogP contribution >= 0.6 is 23.2 Å². The van der Waals surface area contributed by atoms with Gasteiger partial charge in [-0.2, -0.15) is 0 Å². The molecule has 1 amide bonds. The van der Waals surface area contributed by atoms with Crippen LogP contribution in [0.15, 0.2) is 30.7 Å². The molecular formula is C10H6Cl2N4O. The zero-order valence-electron chi connectivity index (χ0n) is 8.39. The molecular weight excluding hydrogens is 263 g/mol. The predicted octanol–water partition coefficient (Wildman–Crippen LogP) is 2.43. The van der Waals surface area contributed by atoms with Gasteiger partial charge in [0.1, 0.15) is 16.7 Å². The van der Waals surface area contributed by atoms with Crippen molar-refractivity contribution in [2.75, 3.05) is 5.32 Å². The van der Waals surface area contributed by atoms with E-state index in [1.54, 1.807) is 12.1 Å². The van der Waals surface area contributed by atoms with Crippen LogP contribution in [-0.2, 0) is 0 Å². The number of pyridine rings is 1. The third-order valence-corrected chi connectivity index (χ3v) is 2.24. The van der Waals surface area contributed by atoms with Crippen molar-refractivity contribution in [3.05, 3.63) is 46.6 Å². The van der Waals surface area contributed by atoms with Gasteiger partial charge in [-0.1, -0.05) is 23.2 Å². The molecule has 5 nitrogen and oxygen atoms in total. The normalized spacial score (nSPS) is 10.0. The number of rotatable bonds is 2. The van der Waals surface area contributed by atoms with E-state index in [1.807, 2.05) is 0 Å². The molecule has 0 aromatic carbocycles. The number of carbonyl (C=O) groups is 1. The predicted molar refractivity (Wildman–Crippen MR) is 64.2 cm³/mol. The first kappa shape index (κ1) is 11.8. The summed E-state index contributed by atoms with van der Waals surface area (Å²) in [5.74, 6) is -0.0276. The highest BCUT2D eigenvalue weighted by Crippen LogP contribution is 2.10. The molecule has 0 radical (unpaired) electrons. The summed E-state index contributed by atoms with van der Waals surface area (Å²) >= 11 is 11.2. The number of hydrogen-bond donors (Lipinski definition) is 1. The molecule has 2 heterocycles. The van der Waals surface area contributed by atoms with Gasteiger partial charge in [0.15, 0.2) is 0 Å². The average molecular weight is 269 g/mol. The Bertz CT molecular complexity index is 527. The van der Waals surface area contributed by atoms with Crippen LogP contribution in [0.25, 0.3) is 0 Å². The zero-order chi connectivity index (χ0) is 12.3. The highest BCUT2D eigenvalue weighted by atomic mass is 35.5. The van der Waals surface area contributed by atoms with Gasteiger partial charge in [-0.15, -0.1) is 0 Å². The lowest BCUT2D eigenvalue weighted by Gasteiger charge is -2.03. The molecule has 7 heteroatoms. The van der Waals surface area contributed by atoms with E-state index in [0.717, 1.165) is 0 Å². The van der Waals surface area contributed by atoms with Gasteiger partial charge in [0.2, 0.25) is 0 Å². The molecule has 0 atom stereocenters.